The van der Waals surface area contributed by atoms with E-state index in [0.29, 0.717) is 16.1 Å². The molecular weight excluding hydrogens is 324 g/mol. The van der Waals surface area contributed by atoms with Crippen molar-refractivity contribution < 1.29 is 4.92 Å². The molecule has 0 radical (unpaired) electrons. The van der Waals surface area contributed by atoms with E-state index in [1.807, 2.05) is 7.05 Å². The molecule has 1 saturated heterocycles. The van der Waals surface area contributed by atoms with Gasteiger partial charge >= 0.3 is 5.69 Å². The molecule has 1 aromatic rings. The highest BCUT2D eigenvalue weighted by molar-refractivity contribution is 9.10. The Labute approximate surface area is 126 Å². The van der Waals surface area contributed by atoms with Gasteiger partial charge in [0.15, 0.2) is 0 Å². The van der Waals surface area contributed by atoms with Crippen molar-refractivity contribution in [1.82, 2.24) is 10.3 Å². The number of piperidine rings is 1. The Bertz CT molecular complexity index is 475. The van der Waals surface area contributed by atoms with Gasteiger partial charge in [0, 0.05) is 19.3 Å². The van der Waals surface area contributed by atoms with Crippen molar-refractivity contribution in [2.45, 2.75) is 19.3 Å². The molecule has 1 N–H and O–H groups in total. The van der Waals surface area contributed by atoms with Crippen LogP contribution in [0.2, 0.25) is 0 Å². The van der Waals surface area contributed by atoms with Gasteiger partial charge in [-0.05, 0) is 54.7 Å². The maximum absolute atomic E-state index is 11.1. The fraction of sp³-hybridized carbons (Fsp3) is 0.615. The van der Waals surface area contributed by atoms with E-state index in [2.05, 4.69) is 31.1 Å². The maximum Gasteiger partial charge on any atom is 0.311 e. The van der Waals surface area contributed by atoms with E-state index in [4.69, 9.17) is 0 Å². The lowest BCUT2D eigenvalue weighted by molar-refractivity contribution is -0.384. The van der Waals surface area contributed by atoms with Crippen LogP contribution < -0.4 is 10.2 Å². The number of nitrogens with zero attached hydrogens (tertiary/aromatic N) is 3. The molecule has 0 aliphatic carbocycles. The van der Waals surface area contributed by atoms with Crippen molar-refractivity contribution in [2.24, 2.45) is 5.92 Å². The molecule has 1 aliphatic rings. The summed E-state index contributed by atoms with van der Waals surface area (Å²) in [7, 11) is 1.96. The molecule has 2 rings (SSSR count). The van der Waals surface area contributed by atoms with E-state index in [1.54, 1.807) is 6.20 Å². The molecular formula is C13H19BrN4O2. The molecule has 0 unspecified atom stereocenters. The minimum absolute atomic E-state index is 0.0769. The second-order valence-corrected chi connectivity index (χ2v) is 5.92. The fourth-order valence-corrected chi connectivity index (χ4v) is 3.23. The first-order chi connectivity index (χ1) is 9.63. The smallest absolute Gasteiger partial charge is 0.311 e. The van der Waals surface area contributed by atoms with Gasteiger partial charge in [0.25, 0.3) is 0 Å². The second-order valence-electron chi connectivity index (χ2n) is 5.07. The summed E-state index contributed by atoms with van der Waals surface area (Å²) in [5, 5.41) is 14.3. The van der Waals surface area contributed by atoms with Crippen LogP contribution in [0.1, 0.15) is 19.3 Å². The average molecular weight is 343 g/mol. The third-order valence-corrected chi connectivity index (χ3v) is 4.36. The van der Waals surface area contributed by atoms with Crippen LogP contribution in [0.4, 0.5) is 11.4 Å². The molecule has 6 nitrogen and oxygen atoms in total. The SMILES string of the molecule is CNCCC1CCN(c2c(Br)cncc2[N+](=O)[O-])CC1. The van der Waals surface area contributed by atoms with Crippen LogP contribution in [-0.4, -0.2) is 36.6 Å². The average Bonchev–Trinajstić information content (AvgIpc) is 2.45. The van der Waals surface area contributed by atoms with E-state index < -0.39 is 0 Å². The lowest BCUT2D eigenvalue weighted by Gasteiger charge is -2.33. The van der Waals surface area contributed by atoms with Crippen LogP contribution in [0.15, 0.2) is 16.9 Å². The third kappa shape index (κ3) is 3.46. The summed E-state index contributed by atoms with van der Waals surface area (Å²) in [5.74, 6) is 0.707. The standard InChI is InChI=1S/C13H19BrN4O2/c1-15-5-2-10-3-6-17(7-4-10)13-11(14)8-16-9-12(13)18(19)20/h8-10,15H,2-7H2,1H3. The van der Waals surface area contributed by atoms with Crippen molar-refractivity contribution in [1.29, 1.82) is 0 Å². The zero-order valence-electron chi connectivity index (χ0n) is 11.5. The van der Waals surface area contributed by atoms with Crippen molar-refractivity contribution in [3.05, 3.63) is 27.0 Å². The van der Waals surface area contributed by atoms with Gasteiger partial charge in [0.2, 0.25) is 0 Å². The highest BCUT2D eigenvalue weighted by atomic mass is 79.9. The largest absolute Gasteiger partial charge is 0.365 e. The number of halogens is 1. The predicted octanol–water partition coefficient (Wildman–Crippen LogP) is 2.58. The summed E-state index contributed by atoms with van der Waals surface area (Å²) in [5.41, 5.74) is 0.741. The summed E-state index contributed by atoms with van der Waals surface area (Å²) < 4.78 is 0.695. The van der Waals surface area contributed by atoms with Crippen molar-refractivity contribution in [3.8, 4) is 0 Å². The zero-order chi connectivity index (χ0) is 14.5. The van der Waals surface area contributed by atoms with Gasteiger partial charge < -0.3 is 10.2 Å². The number of pyridine rings is 1. The van der Waals surface area contributed by atoms with Crippen molar-refractivity contribution >= 4 is 27.3 Å². The molecule has 0 saturated carbocycles. The lowest BCUT2D eigenvalue weighted by atomic mass is 9.93. The Morgan fingerprint density at radius 2 is 2.20 bits per heavy atom. The number of nitrogens with one attached hydrogen (secondary N) is 1. The molecule has 20 heavy (non-hydrogen) atoms. The van der Waals surface area contributed by atoms with Gasteiger partial charge in [-0.15, -0.1) is 0 Å². The van der Waals surface area contributed by atoms with Gasteiger partial charge in [0.1, 0.15) is 11.9 Å². The van der Waals surface area contributed by atoms with Crippen LogP contribution >= 0.6 is 15.9 Å². The maximum atomic E-state index is 11.1. The second kappa shape index (κ2) is 6.99. The molecule has 0 aromatic carbocycles. The van der Waals surface area contributed by atoms with Gasteiger partial charge in [-0.1, -0.05) is 0 Å². The first-order valence-corrected chi connectivity index (χ1v) is 7.60. The van der Waals surface area contributed by atoms with Crippen LogP contribution in [0, 0.1) is 16.0 Å². The number of nitro groups is 1. The topological polar surface area (TPSA) is 71.3 Å². The predicted molar refractivity (Wildman–Crippen MR) is 82.1 cm³/mol. The summed E-state index contributed by atoms with van der Waals surface area (Å²) in [6.07, 6.45) is 6.27. The van der Waals surface area contributed by atoms with Crippen LogP contribution in [-0.2, 0) is 0 Å². The molecule has 0 spiro atoms. The van der Waals surface area contributed by atoms with Crippen LogP contribution in [0.25, 0.3) is 0 Å². The van der Waals surface area contributed by atoms with Gasteiger partial charge in [-0.3, -0.25) is 15.1 Å². The molecule has 110 valence electrons. The molecule has 0 amide bonds. The van der Waals surface area contributed by atoms with Crippen molar-refractivity contribution in [2.75, 3.05) is 31.6 Å². The fourth-order valence-electron chi connectivity index (χ4n) is 2.66. The highest BCUT2D eigenvalue weighted by Gasteiger charge is 2.26. The van der Waals surface area contributed by atoms with Gasteiger partial charge in [-0.2, -0.15) is 0 Å². The summed E-state index contributed by atoms with van der Waals surface area (Å²) in [4.78, 5) is 16.8. The Kier molecular flexibility index (Phi) is 5.31. The molecule has 1 aromatic heterocycles. The zero-order valence-corrected chi connectivity index (χ0v) is 13.1. The molecule has 1 fully saturated rings. The Morgan fingerprint density at radius 3 is 2.80 bits per heavy atom. The van der Waals surface area contributed by atoms with E-state index >= 15 is 0 Å². The Hall–Kier alpha value is -1.21. The lowest BCUT2D eigenvalue weighted by Crippen LogP contribution is -2.35. The van der Waals surface area contributed by atoms with Gasteiger partial charge in [-0.25, -0.2) is 0 Å². The minimum Gasteiger partial charge on any atom is -0.365 e. The monoisotopic (exact) mass is 342 g/mol. The normalized spacial score (nSPS) is 16.4. The quantitative estimate of drug-likeness (QED) is 0.657. The van der Waals surface area contributed by atoms with E-state index in [0.717, 1.165) is 32.5 Å². The third-order valence-electron chi connectivity index (χ3n) is 3.78. The summed E-state index contributed by atoms with van der Waals surface area (Å²) in [6.45, 7) is 2.75. The molecule has 0 bridgehead atoms. The highest BCUT2D eigenvalue weighted by Crippen LogP contribution is 2.37. The number of anilines is 1. The Balaban J connectivity index is 2.09. The van der Waals surface area contributed by atoms with E-state index in [-0.39, 0.29) is 10.6 Å². The first kappa shape index (κ1) is 15.2. The summed E-state index contributed by atoms with van der Waals surface area (Å²) >= 11 is 3.39. The van der Waals surface area contributed by atoms with Crippen LogP contribution in [0.3, 0.4) is 0 Å². The molecule has 0 atom stereocenters. The number of hydrogen-bond acceptors (Lipinski definition) is 5. The first-order valence-electron chi connectivity index (χ1n) is 6.81. The number of hydrogen-bond donors (Lipinski definition) is 1. The van der Waals surface area contributed by atoms with Crippen molar-refractivity contribution in [3.63, 3.8) is 0 Å². The molecule has 7 heteroatoms. The molecule has 2 heterocycles. The Morgan fingerprint density at radius 1 is 1.50 bits per heavy atom. The number of aromatic nitrogens is 1. The molecule has 1 aliphatic heterocycles. The summed E-state index contributed by atoms with van der Waals surface area (Å²) in [6, 6.07) is 0. The van der Waals surface area contributed by atoms with Crippen LogP contribution in [0.5, 0.6) is 0 Å². The number of rotatable bonds is 5. The van der Waals surface area contributed by atoms with Gasteiger partial charge in [0.05, 0.1) is 9.40 Å². The minimum atomic E-state index is -0.361. The van der Waals surface area contributed by atoms with E-state index in [1.165, 1.54) is 12.6 Å². The van der Waals surface area contributed by atoms with E-state index in [9.17, 15) is 10.1 Å².